The van der Waals surface area contributed by atoms with Crippen LogP contribution < -0.4 is 0 Å². The maximum Gasteiger partial charge on any atom is 0.129 e. The van der Waals surface area contributed by atoms with Crippen LogP contribution in [0.4, 0.5) is 0 Å². The van der Waals surface area contributed by atoms with E-state index in [2.05, 4.69) is 13.8 Å². The molecule has 0 N–H and O–H groups in total. The van der Waals surface area contributed by atoms with E-state index in [0.717, 1.165) is 6.10 Å². The smallest absolute Gasteiger partial charge is 0.129 e. The van der Waals surface area contributed by atoms with Gasteiger partial charge in [-0.2, -0.15) is 0 Å². The van der Waals surface area contributed by atoms with Crippen LogP contribution in [0.1, 0.15) is 41.5 Å². The lowest BCUT2D eigenvalue weighted by atomic mass is 9.95. The van der Waals surface area contributed by atoms with Crippen LogP contribution in [0.2, 0.25) is 0 Å². The van der Waals surface area contributed by atoms with Crippen LogP contribution in [0.25, 0.3) is 0 Å². The summed E-state index contributed by atoms with van der Waals surface area (Å²) in [6.07, 6.45) is 0.832. The van der Waals surface area contributed by atoms with Gasteiger partial charge in [0.15, 0.2) is 0 Å². The van der Waals surface area contributed by atoms with E-state index in [9.17, 15) is 0 Å². The Bertz CT molecular complexity index is 106. The molecule has 0 saturated carbocycles. The summed E-state index contributed by atoms with van der Waals surface area (Å²) >= 11 is 0. The van der Waals surface area contributed by atoms with Crippen LogP contribution in [0.3, 0.4) is 0 Å². The van der Waals surface area contributed by atoms with E-state index in [4.69, 9.17) is 9.78 Å². The predicted octanol–water partition coefficient (Wildman–Crippen LogP) is 2.94. The van der Waals surface area contributed by atoms with E-state index in [0.29, 0.717) is 5.92 Å². The quantitative estimate of drug-likeness (QED) is 0.464. The van der Waals surface area contributed by atoms with Gasteiger partial charge in [0.25, 0.3) is 0 Å². The third kappa shape index (κ3) is 4.38. The van der Waals surface area contributed by atoms with Crippen molar-refractivity contribution in [3.05, 3.63) is 6.10 Å². The second kappa shape index (κ2) is 4.07. The molecule has 2 heteroatoms. The van der Waals surface area contributed by atoms with Crippen molar-refractivity contribution in [1.29, 1.82) is 0 Å². The molecule has 0 saturated heterocycles. The Morgan fingerprint density at radius 2 is 1.64 bits per heavy atom. The summed E-state index contributed by atoms with van der Waals surface area (Å²) in [4.78, 5) is 10.2. The fourth-order valence-electron chi connectivity index (χ4n) is 0.287. The van der Waals surface area contributed by atoms with Gasteiger partial charge in [-0.3, -0.25) is 0 Å². The number of hydrogen-bond donors (Lipinski definition) is 0. The Kier molecular flexibility index (Phi) is 4.04. The van der Waals surface area contributed by atoms with Crippen molar-refractivity contribution in [2.75, 3.05) is 0 Å². The normalized spacial score (nSPS) is 13.1. The van der Waals surface area contributed by atoms with Crippen molar-refractivity contribution in [1.82, 2.24) is 0 Å². The highest BCUT2D eigenvalue weighted by Gasteiger charge is 2.24. The average molecular weight is 159 g/mol. The maximum absolute atomic E-state index is 5.22. The van der Waals surface area contributed by atoms with Gasteiger partial charge in [0, 0.05) is 0 Å². The van der Waals surface area contributed by atoms with Crippen LogP contribution in [0.15, 0.2) is 0 Å². The van der Waals surface area contributed by atoms with Gasteiger partial charge in [-0.05, 0) is 33.6 Å². The Labute approximate surface area is 69.8 Å². The molecule has 2 nitrogen and oxygen atoms in total. The van der Waals surface area contributed by atoms with Crippen molar-refractivity contribution < 1.29 is 9.78 Å². The molecule has 0 bridgehead atoms. The first-order valence-corrected chi connectivity index (χ1v) is 4.02. The van der Waals surface area contributed by atoms with Gasteiger partial charge in [-0.25, -0.2) is 9.78 Å². The van der Waals surface area contributed by atoms with Crippen molar-refractivity contribution in [2.24, 2.45) is 5.92 Å². The summed E-state index contributed by atoms with van der Waals surface area (Å²) in [5, 5.41) is 0. The van der Waals surface area contributed by atoms with Crippen LogP contribution in [-0.4, -0.2) is 5.60 Å². The highest BCUT2D eigenvalue weighted by atomic mass is 17.2. The second-order valence-corrected chi connectivity index (χ2v) is 3.83. The molecule has 0 amide bonds. The number of rotatable bonds is 4. The SMILES string of the molecule is C[C](C)OOC(C)(C)C(C)C. The molecule has 0 aliphatic rings. The van der Waals surface area contributed by atoms with Crippen molar-refractivity contribution in [2.45, 2.75) is 47.1 Å². The molecule has 1 radical (unpaired) electrons. The van der Waals surface area contributed by atoms with E-state index < -0.39 is 0 Å². The summed E-state index contributed by atoms with van der Waals surface area (Å²) in [5.74, 6) is 0.446. The largest absolute Gasteiger partial charge is 0.230 e. The molecule has 0 aromatic heterocycles. The minimum absolute atomic E-state index is 0.211. The first kappa shape index (κ1) is 10.9. The minimum Gasteiger partial charge on any atom is -0.230 e. The standard InChI is InChI=1S/C9H19O2/c1-7(2)9(5,6)11-10-8(3)4/h7H,1-6H3. The van der Waals surface area contributed by atoms with Gasteiger partial charge in [0.05, 0.1) is 0 Å². The van der Waals surface area contributed by atoms with Gasteiger partial charge in [-0.15, -0.1) is 0 Å². The zero-order valence-corrected chi connectivity index (χ0v) is 8.39. The van der Waals surface area contributed by atoms with Crippen LogP contribution in [0.5, 0.6) is 0 Å². The van der Waals surface area contributed by atoms with Crippen molar-refractivity contribution in [3.63, 3.8) is 0 Å². The molecule has 11 heavy (non-hydrogen) atoms. The fraction of sp³-hybridized carbons (Fsp3) is 0.889. The van der Waals surface area contributed by atoms with Crippen LogP contribution in [0, 0.1) is 12.0 Å². The highest BCUT2D eigenvalue weighted by Crippen LogP contribution is 2.21. The molecule has 0 rings (SSSR count). The van der Waals surface area contributed by atoms with E-state index in [1.807, 2.05) is 27.7 Å². The lowest BCUT2D eigenvalue weighted by Crippen LogP contribution is -2.31. The fourth-order valence-corrected chi connectivity index (χ4v) is 0.287. The highest BCUT2D eigenvalue weighted by molar-refractivity contribution is 4.71. The predicted molar refractivity (Wildman–Crippen MR) is 45.7 cm³/mol. The Hall–Kier alpha value is -0.0800. The van der Waals surface area contributed by atoms with Gasteiger partial charge in [0.2, 0.25) is 0 Å². The molecule has 0 aliphatic heterocycles. The van der Waals surface area contributed by atoms with Crippen molar-refractivity contribution >= 4 is 0 Å². The molecule has 0 heterocycles. The molecule has 0 atom stereocenters. The summed E-state index contributed by atoms with van der Waals surface area (Å²) in [5.41, 5.74) is -0.211. The summed E-state index contributed by atoms with van der Waals surface area (Å²) in [6, 6.07) is 0. The first-order chi connectivity index (χ1) is 4.86. The summed E-state index contributed by atoms with van der Waals surface area (Å²) < 4.78 is 0. The van der Waals surface area contributed by atoms with Crippen LogP contribution in [-0.2, 0) is 9.78 Å². The van der Waals surface area contributed by atoms with Crippen LogP contribution >= 0.6 is 0 Å². The van der Waals surface area contributed by atoms with Gasteiger partial charge < -0.3 is 0 Å². The topological polar surface area (TPSA) is 18.5 Å². The Balaban J connectivity index is 3.73. The number of hydrogen-bond acceptors (Lipinski definition) is 2. The maximum atomic E-state index is 5.22. The minimum atomic E-state index is -0.211. The van der Waals surface area contributed by atoms with E-state index >= 15 is 0 Å². The van der Waals surface area contributed by atoms with E-state index in [1.54, 1.807) is 0 Å². The average Bonchev–Trinajstić information content (AvgIpc) is 1.84. The molecule has 0 aromatic rings. The molecular weight excluding hydrogens is 140 g/mol. The zero-order chi connectivity index (χ0) is 9.07. The lowest BCUT2D eigenvalue weighted by Gasteiger charge is -2.28. The van der Waals surface area contributed by atoms with Gasteiger partial charge in [0.1, 0.15) is 11.7 Å². The molecule has 0 aromatic carbocycles. The Morgan fingerprint density at radius 3 is 1.91 bits per heavy atom. The van der Waals surface area contributed by atoms with Gasteiger partial charge >= 0.3 is 0 Å². The molecule has 0 aliphatic carbocycles. The monoisotopic (exact) mass is 159 g/mol. The lowest BCUT2D eigenvalue weighted by molar-refractivity contribution is -0.353. The molecule has 67 valence electrons. The molecule has 0 fully saturated rings. The molecular formula is C9H19O2. The summed E-state index contributed by atoms with van der Waals surface area (Å²) in [6.45, 7) is 12.0. The third-order valence-electron chi connectivity index (χ3n) is 1.81. The summed E-state index contributed by atoms with van der Waals surface area (Å²) in [7, 11) is 0. The van der Waals surface area contributed by atoms with E-state index in [-0.39, 0.29) is 5.60 Å². The van der Waals surface area contributed by atoms with Crippen molar-refractivity contribution in [3.8, 4) is 0 Å². The first-order valence-electron chi connectivity index (χ1n) is 4.02. The second-order valence-electron chi connectivity index (χ2n) is 3.83. The molecule has 0 spiro atoms. The van der Waals surface area contributed by atoms with Gasteiger partial charge in [-0.1, -0.05) is 13.8 Å². The third-order valence-corrected chi connectivity index (χ3v) is 1.81. The van der Waals surface area contributed by atoms with E-state index in [1.165, 1.54) is 0 Å². The Morgan fingerprint density at radius 1 is 1.18 bits per heavy atom. The molecule has 0 unspecified atom stereocenters. The zero-order valence-electron chi connectivity index (χ0n) is 8.39.